The summed E-state index contributed by atoms with van der Waals surface area (Å²) in [5.41, 5.74) is 0.0652. The highest BCUT2D eigenvalue weighted by Gasteiger charge is 2.36. The number of methoxy groups -OCH3 is 1. The minimum atomic E-state index is -0.978. The van der Waals surface area contributed by atoms with Crippen molar-refractivity contribution in [2.75, 3.05) is 50.2 Å². The Balaban J connectivity index is 1.50. The van der Waals surface area contributed by atoms with Crippen LogP contribution in [0.15, 0.2) is 39.9 Å². The number of rotatable bonds is 15. The molecule has 3 N–H and O–H groups in total. The molecule has 2 fully saturated rings. The predicted octanol–water partition coefficient (Wildman–Crippen LogP) is 4.93. The van der Waals surface area contributed by atoms with Crippen LogP contribution in [0.25, 0.3) is 0 Å². The molecule has 0 radical (unpaired) electrons. The normalized spacial score (nSPS) is 20.0. The van der Waals surface area contributed by atoms with Gasteiger partial charge in [0.25, 0.3) is 10.9 Å². The first-order chi connectivity index (χ1) is 21.6. The molecule has 0 spiro atoms. The first-order valence-electron chi connectivity index (χ1n) is 16.7. The number of carbonyl (C=O) groups is 1. The highest BCUT2D eigenvalue weighted by molar-refractivity contribution is 5.76. The van der Waals surface area contributed by atoms with Crippen LogP contribution in [-0.4, -0.2) is 68.9 Å². The van der Waals surface area contributed by atoms with Gasteiger partial charge in [-0.15, -0.1) is 0 Å². The van der Waals surface area contributed by atoms with E-state index in [4.69, 9.17) is 14.2 Å². The van der Waals surface area contributed by atoms with Gasteiger partial charge in [0.2, 0.25) is 0 Å². The lowest BCUT2D eigenvalue weighted by Gasteiger charge is -2.40. The average Bonchev–Trinajstić information content (AvgIpc) is 3.03. The number of amides is 1. The smallest absolute Gasteiger partial charge is 0.407 e. The van der Waals surface area contributed by atoms with Crippen LogP contribution in [0.5, 0.6) is 0 Å². The van der Waals surface area contributed by atoms with Crippen LogP contribution in [0, 0.1) is 11.8 Å². The third-order valence-corrected chi connectivity index (χ3v) is 8.97. The second-order valence-electron chi connectivity index (χ2n) is 13.7. The Bertz CT molecular complexity index is 1260. The second-order valence-corrected chi connectivity index (χ2v) is 13.7. The molecular formula is C35H53N3O7. The van der Waals surface area contributed by atoms with Crippen molar-refractivity contribution in [2.45, 2.75) is 102 Å². The van der Waals surface area contributed by atoms with Crippen molar-refractivity contribution < 1.29 is 24.1 Å². The highest BCUT2D eigenvalue weighted by Crippen LogP contribution is 2.36. The lowest BCUT2D eigenvalue weighted by atomic mass is 9.83. The van der Waals surface area contributed by atoms with Crippen LogP contribution in [0.1, 0.15) is 90.2 Å². The monoisotopic (exact) mass is 627 g/mol. The standard InChI is InChI=1S/C35H53N3O7/c1-35(2,3)45-34(42)36-22-28(39)27(21-24-13-7-5-8-14-24)37-29-30(32(41)31(29)40)38-18-11-17-26(23-38)33(44-20-12-19-43-4)25-15-9-6-10-16-25/h6,9-10,15-16,24,26-28,33,37,39H,5,7-8,11-14,17-23H2,1-4H3,(H,36,42)/t26?,27-,28+,33?/m0/s1. The summed E-state index contributed by atoms with van der Waals surface area (Å²) < 4.78 is 17.0. The lowest BCUT2D eigenvalue weighted by Crippen LogP contribution is -2.50. The van der Waals surface area contributed by atoms with Gasteiger partial charge in [0.05, 0.1) is 18.2 Å². The van der Waals surface area contributed by atoms with Crippen molar-refractivity contribution in [3.63, 3.8) is 0 Å². The van der Waals surface area contributed by atoms with E-state index in [2.05, 4.69) is 22.8 Å². The average molecular weight is 628 g/mol. The number of hydrogen-bond donors (Lipinski definition) is 3. The van der Waals surface area contributed by atoms with Gasteiger partial charge >= 0.3 is 6.09 Å². The topological polar surface area (TPSA) is 126 Å². The van der Waals surface area contributed by atoms with Crippen LogP contribution >= 0.6 is 0 Å². The zero-order chi connectivity index (χ0) is 32.4. The molecule has 1 aliphatic heterocycles. The molecule has 2 aromatic carbocycles. The third kappa shape index (κ3) is 10.0. The van der Waals surface area contributed by atoms with Crippen molar-refractivity contribution >= 4 is 17.5 Å². The molecule has 2 aliphatic rings. The maximum atomic E-state index is 13.1. The third-order valence-electron chi connectivity index (χ3n) is 8.97. The maximum Gasteiger partial charge on any atom is 0.407 e. The number of carbonyl (C=O) groups excluding carboxylic acids is 1. The fourth-order valence-electron chi connectivity index (χ4n) is 6.76. The van der Waals surface area contributed by atoms with Crippen LogP contribution in [-0.2, 0) is 14.2 Å². The zero-order valence-electron chi connectivity index (χ0n) is 27.5. The minimum Gasteiger partial charge on any atom is -0.444 e. The number of piperidine rings is 1. The van der Waals surface area contributed by atoms with Gasteiger partial charge in [-0.25, -0.2) is 4.79 Å². The number of aliphatic hydroxyl groups excluding tert-OH is 1. The number of benzene rings is 1. The summed E-state index contributed by atoms with van der Waals surface area (Å²) in [6.07, 6.45) is 7.10. The lowest BCUT2D eigenvalue weighted by molar-refractivity contribution is -0.00236. The first kappa shape index (κ1) is 34.9. The zero-order valence-corrected chi connectivity index (χ0v) is 27.5. The van der Waals surface area contributed by atoms with Gasteiger partial charge in [0.1, 0.15) is 17.0 Å². The van der Waals surface area contributed by atoms with Crippen LogP contribution in [0.4, 0.5) is 16.2 Å². The molecule has 4 rings (SSSR count). The maximum absolute atomic E-state index is 13.1. The molecular weight excluding hydrogens is 574 g/mol. The summed E-state index contributed by atoms with van der Waals surface area (Å²) in [6.45, 7) is 7.75. The number of ether oxygens (including phenoxy) is 3. The SMILES string of the molecule is COCCCOC(c1ccccc1)C1CCCN(c2c(N[C@@H](CC3CCCCC3)[C@H](O)CNC(=O)OC(C)(C)C)c(=O)c2=O)C1. The van der Waals surface area contributed by atoms with E-state index in [0.29, 0.717) is 44.3 Å². The molecule has 45 heavy (non-hydrogen) atoms. The van der Waals surface area contributed by atoms with Crippen molar-refractivity contribution in [3.8, 4) is 0 Å². The van der Waals surface area contributed by atoms with E-state index in [0.717, 1.165) is 50.5 Å². The number of aliphatic hydroxyl groups is 1. The Kier molecular flexibility index (Phi) is 12.9. The van der Waals surface area contributed by atoms with Gasteiger partial charge in [-0.2, -0.15) is 0 Å². The number of hydrogen-bond acceptors (Lipinski definition) is 9. The van der Waals surface area contributed by atoms with E-state index < -0.39 is 34.7 Å². The molecule has 1 saturated heterocycles. The van der Waals surface area contributed by atoms with Crippen LogP contribution < -0.4 is 26.4 Å². The molecule has 4 atom stereocenters. The first-order valence-corrected chi connectivity index (χ1v) is 16.7. The second kappa shape index (κ2) is 16.6. The van der Waals surface area contributed by atoms with Crippen LogP contribution in [0.2, 0.25) is 0 Å². The van der Waals surface area contributed by atoms with Gasteiger partial charge < -0.3 is 34.9 Å². The molecule has 250 valence electrons. The molecule has 10 heteroatoms. The molecule has 1 saturated carbocycles. The Hall–Kier alpha value is -2.95. The summed E-state index contributed by atoms with van der Waals surface area (Å²) in [7, 11) is 1.68. The molecule has 0 aromatic heterocycles. The van der Waals surface area contributed by atoms with E-state index in [-0.39, 0.29) is 24.3 Å². The Morgan fingerprint density at radius 2 is 1.76 bits per heavy atom. The number of nitrogens with one attached hydrogen (secondary N) is 2. The molecule has 0 bridgehead atoms. The Morgan fingerprint density at radius 3 is 2.44 bits per heavy atom. The summed E-state index contributed by atoms with van der Waals surface area (Å²) in [4.78, 5) is 40.4. The van der Waals surface area contributed by atoms with Crippen molar-refractivity contribution in [3.05, 3.63) is 56.3 Å². The van der Waals surface area contributed by atoms with E-state index in [1.165, 1.54) is 6.42 Å². The number of alkyl carbamates (subject to hydrolysis) is 1. The number of anilines is 2. The van der Waals surface area contributed by atoms with Gasteiger partial charge in [0, 0.05) is 45.9 Å². The fourth-order valence-corrected chi connectivity index (χ4v) is 6.76. The summed E-state index contributed by atoms with van der Waals surface area (Å²) in [5, 5.41) is 17.2. The van der Waals surface area contributed by atoms with E-state index >= 15 is 0 Å². The summed E-state index contributed by atoms with van der Waals surface area (Å²) >= 11 is 0. The van der Waals surface area contributed by atoms with Crippen molar-refractivity contribution in [1.29, 1.82) is 0 Å². The van der Waals surface area contributed by atoms with Gasteiger partial charge in [-0.05, 0) is 57.9 Å². The van der Waals surface area contributed by atoms with E-state index in [1.807, 2.05) is 23.1 Å². The molecule has 1 heterocycles. The molecule has 1 amide bonds. The fraction of sp³-hybridized carbons (Fsp3) is 0.686. The van der Waals surface area contributed by atoms with Crippen LogP contribution in [0.3, 0.4) is 0 Å². The molecule has 2 unspecified atom stereocenters. The Morgan fingerprint density at radius 1 is 1.02 bits per heavy atom. The number of nitrogens with zero attached hydrogens (tertiary/aromatic N) is 1. The van der Waals surface area contributed by atoms with Crippen molar-refractivity contribution in [1.82, 2.24) is 5.32 Å². The van der Waals surface area contributed by atoms with E-state index in [9.17, 15) is 19.5 Å². The van der Waals surface area contributed by atoms with Crippen molar-refractivity contribution in [2.24, 2.45) is 11.8 Å². The summed E-state index contributed by atoms with van der Waals surface area (Å²) in [6, 6.07) is 9.65. The highest BCUT2D eigenvalue weighted by atomic mass is 16.6. The molecule has 1 aliphatic carbocycles. The summed E-state index contributed by atoms with van der Waals surface area (Å²) in [5.74, 6) is 0.520. The quantitative estimate of drug-likeness (QED) is 0.186. The van der Waals surface area contributed by atoms with Gasteiger partial charge in [-0.3, -0.25) is 9.59 Å². The molecule has 2 aromatic rings. The predicted molar refractivity (Wildman–Crippen MR) is 177 cm³/mol. The Labute approximate surface area is 267 Å². The van der Waals surface area contributed by atoms with E-state index in [1.54, 1.807) is 27.9 Å². The molecule has 10 nitrogen and oxygen atoms in total. The van der Waals surface area contributed by atoms with Gasteiger partial charge in [-0.1, -0.05) is 62.4 Å². The largest absolute Gasteiger partial charge is 0.444 e. The minimum absolute atomic E-state index is 0.0327. The van der Waals surface area contributed by atoms with Gasteiger partial charge in [0.15, 0.2) is 0 Å².